The minimum Gasteiger partial charge on any atom is -0.252 e. The number of thiazole rings is 1. The Hall–Kier alpha value is -0.740. The lowest BCUT2D eigenvalue weighted by Gasteiger charge is -1.95. The first kappa shape index (κ1) is 7.89. The molecular formula is C8H5BrN2S. The van der Waals surface area contributed by atoms with E-state index in [0.717, 1.165) is 15.0 Å². The van der Waals surface area contributed by atoms with Crippen molar-refractivity contribution < 1.29 is 0 Å². The van der Waals surface area contributed by atoms with E-state index in [1.807, 2.05) is 23.8 Å². The van der Waals surface area contributed by atoms with Gasteiger partial charge in [-0.1, -0.05) is 0 Å². The predicted molar refractivity (Wildman–Crippen MR) is 53.0 cm³/mol. The van der Waals surface area contributed by atoms with Gasteiger partial charge in [0.25, 0.3) is 0 Å². The van der Waals surface area contributed by atoms with E-state index in [1.54, 1.807) is 17.5 Å². The summed E-state index contributed by atoms with van der Waals surface area (Å²) in [5.74, 6) is 0. The van der Waals surface area contributed by atoms with Crippen LogP contribution in [0.4, 0.5) is 0 Å². The summed E-state index contributed by atoms with van der Waals surface area (Å²) in [5.41, 5.74) is 2.98. The van der Waals surface area contributed by atoms with Crippen LogP contribution in [0.1, 0.15) is 0 Å². The highest BCUT2D eigenvalue weighted by Gasteiger charge is 1.98. The van der Waals surface area contributed by atoms with E-state index >= 15 is 0 Å². The third-order valence-corrected chi connectivity index (χ3v) is 2.70. The molecule has 2 aromatic heterocycles. The summed E-state index contributed by atoms with van der Waals surface area (Å²) in [7, 11) is 0. The predicted octanol–water partition coefficient (Wildman–Crippen LogP) is 2.97. The van der Waals surface area contributed by atoms with E-state index < -0.39 is 0 Å². The molecule has 0 aliphatic heterocycles. The van der Waals surface area contributed by atoms with Crippen molar-refractivity contribution in [1.29, 1.82) is 0 Å². The lowest BCUT2D eigenvalue weighted by molar-refractivity contribution is 1.28. The lowest BCUT2D eigenvalue weighted by Crippen LogP contribution is -1.75. The quantitative estimate of drug-likeness (QED) is 0.717. The number of rotatable bonds is 1. The summed E-state index contributed by atoms with van der Waals surface area (Å²) in [5, 5.41) is 0. The Morgan fingerprint density at radius 2 is 2.33 bits per heavy atom. The zero-order chi connectivity index (χ0) is 8.39. The second kappa shape index (κ2) is 3.33. The molecule has 0 bridgehead atoms. The van der Waals surface area contributed by atoms with Crippen LogP contribution in [0.25, 0.3) is 10.4 Å². The van der Waals surface area contributed by atoms with E-state index in [9.17, 15) is 0 Å². The van der Waals surface area contributed by atoms with E-state index in [0.29, 0.717) is 0 Å². The van der Waals surface area contributed by atoms with Crippen molar-refractivity contribution in [3.05, 3.63) is 34.6 Å². The van der Waals surface area contributed by atoms with Crippen LogP contribution >= 0.6 is 27.3 Å². The molecule has 0 aromatic carbocycles. The second-order valence-corrected chi connectivity index (χ2v) is 3.93. The Morgan fingerprint density at radius 1 is 1.42 bits per heavy atom. The Morgan fingerprint density at radius 3 is 3.00 bits per heavy atom. The normalized spacial score (nSPS) is 10.1. The molecule has 2 nitrogen and oxygen atoms in total. The van der Waals surface area contributed by atoms with Crippen molar-refractivity contribution in [3.8, 4) is 10.4 Å². The molecule has 0 saturated heterocycles. The minimum atomic E-state index is 0.855. The van der Waals surface area contributed by atoms with Crippen LogP contribution in [0.5, 0.6) is 0 Å². The van der Waals surface area contributed by atoms with Crippen LogP contribution in [0.3, 0.4) is 0 Å². The molecule has 0 radical (unpaired) electrons. The molecule has 0 fully saturated rings. The molecule has 2 aromatic rings. The van der Waals surface area contributed by atoms with Gasteiger partial charge in [-0.2, -0.15) is 0 Å². The Labute approximate surface area is 82.4 Å². The third-order valence-electron chi connectivity index (χ3n) is 1.44. The molecule has 12 heavy (non-hydrogen) atoms. The number of hydrogen-bond donors (Lipinski definition) is 0. The van der Waals surface area contributed by atoms with Crippen molar-refractivity contribution in [2.45, 2.75) is 0 Å². The van der Waals surface area contributed by atoms with Crippen molar-refractivity contribution in [2.75, 3.05) is 0 Å². The van der Waals surface area contributed by atoms with Gasteiger partial charge < -0.3 is 0 Å². The smallest absolute Gasteiger partial charge is 0.106 e. The summed E-state index contributed by atoms with van der Waals surface area (Å²) in [4.78, 5) is 9.23. The molecular weight excluding hydrogens is 236 g/mol. The van der Waals surface area contributed by atoms with Crippen LogP contribution in [0.2, 0.25) is 0 Å². The van der Waals surface area contributed by atoms with Gasteiger partial charge in [-0.25, -0.2) is 4.98 Å². The summed E-state index contributed by atoms with van der Waals surface area (Å²) < 4.78 is 0.855. The molecule has 0 saturated carbocycles. The highest BCUT2D eigenvalue weighted by atomic mass is 79.9. The first-order valence-electron chi connectivity index (χ1n) is 3.37. The number of halogens is 1. The molecule has 4 heteroatoms. The molecule has 2 heterocycles. The van der Waals surface area contributed by atoms with Gasteiger partial charge in [0, 0.05) is 12.4 Å². The van der Waals surface area contributed by atoms with Gasteiger partial charge in [0.15, 0.2) is 0 Å². The van der Waals surface area contributed by atoms with Gasteiger partial charge >= 0.3 is 0 Å². The number of pyridine rings is 1. The maximum Gasteiger partial charge on any atom is 0.106 e. The summed E-state index contributed by atoms with van der Waals surface area (Å²) in [6.07, 6.45) is 3.63. The molecule has 0 unspecified atom stereocenters. The first-order chi connectivity index (χ1) is 5.86. The van der Waals surface area contributed by atoms with Crippen molar-refractivity contribution in [3.63, 3.8) is 0 Å². The topological polar surface area (TPSA) is 25.8 Å². The fraction of sp³-hybridized carbons (Fsp3) is 0. The highest BCUT2D eigenvalue weighted by Crippen LogP contribution is 2.24. The van der Waals surface area contributed by atoms with E-state index in [4.69, 9.17) is 0 Å². The second-order valence-electron chi connectivity index (χ2n) is 2.23. The van der Waals surface area contributed by atoms with Gasteiger partial charge in [-0.15, -0.1) is 11.3 Å². The fourth-order valence-electron chi connectivity index (χ4n) is 0.914. The van der Waals surface area contributed by atoms with E-state index in [2.05, 4.69) is 25.9 Å². The maximum absolute atomic E-state index is 4.05. The molecule has 2 rings (SSSR count). The van der Waals surface area contributed by atoms with Gasteiger partial charge in [0.05, 0.1) is 10.4 Å². The van der Waals surface area contributed by atoms with Crippen molar-refractivity contribution >= 4 is 27.3 Å². The molecule has 0 atom stereocenters. The molecule has 0 aliphatic rings. The van der Waals surface area contributed by atoms with Gasteiger partial charge in [-0.05, 0) is 33.6 Å². The van der Waals surface area contributed by atoms with Crippen LogP contribution in [-0.4, -0.2) is 9.97 Å². The molecule has 0 spiro atoms. The standard InChI is InChI=1S/C8H5BrN2S/c9-8-3-6(1-2-11-8)7-4-10-5-12-7/h1-5H. The lowest BCUT2D eigenvalue weighted by atomic mass is 10.2. The Bertz CT molecular complexity index is 372. The van der Waals surface area contributed by atoms with Gasteiger partial charge in [0.1, 0.15) is 4.60 Å². The van der Waals surface area contributed by atoms with E-state index in [-0.39, 0.29) is 0 Å². The number of hydrogen-bond acceptors (Lipinski definition) is 3. The molecule has 0 amide bonds. The average molecular weight is 241 g/mol. The van der Waals surface area contributed by atoms with Crippen molar-refractivity contribution in [2.24, 2.45) is 0 Å². The largest absolute Gasteiger partial charge is 0.252 e. The summed E-state index contributed by atoms with van der Waals surface area (Å²) in [6, 6.07) is 3.95. The Kier molecular flexibility index (Phi) is 2.19. The third kappa shape index (κ3) is 1.54. The molecule has 0 N–H and O–H groups in total. The van der Waals surface area contributed by atoms with Crippen LogP contribution in [-0.2, 0) is 0 Å². The Balaban J connectivity index is 2.48. The average Bonchev–Trinajstić information content (AvgIpc) is 2.56. The van der Waals surface area contributed by atoms with E-state index in [1.165, 1.54) is 0 Å². The number of aromatic nitrogens is 2. The maximum atomic E-state index is 4.05. The minimum absolute atomic E-state index is 0.855. The SMILES string of the molecule is Brc1cc(-c2cncs2)ccn1. The van der Waals surface area contributed by atoms with Crippen LogP contribution in [0.15, 0.2) is 34.6 Å². The van der Waals surface area contributed by atoms with Gasteiger partial charge in [0.2, 0.25) is 0 Å². The summed E-state index contributed by atoms with van der Waals surface area (Å²) in [6.45, 7) is 0. The zero-order valence-corrected chi connectivity index (χ0v) is 8.47. The number of nitrogens with zero attached hydrogens (tertiary/aromatic N) is 2. The first-order valence-corrected chi connectivity index (χ1v) is 5.04. The highest BCUT2D eigenvalue weighted by molar-refractivity contribution is 9.10. The summed E-state index contributed by atoms with van der Waals surface area (Å²) >= 11 is 4.95. The van der Waals surface area contributed by atoms with Crippen LogP contribution < -0.4 is 0 Å². The van der Waals surface area contributed by atoms with Crippen LogP contribution in [0, 0.1) is 0 Å². The fourth-order valence-corrected chi connectivity index (χ4v) is 1.90. The molecule has 60 valence electrons. The molecule has 0 aliphatic carbocycles. The van der Waals surface area contributed by atoms with Gasteiger partial charge in [-0.3, -0.25) is 4.98 Å². The van der Waals surface area contributed by atoms with Crippen molar-refractivity contribution in [1.82, 2.24) is 9.97 Å². The zero-order valence-electron chi connectivity index (χ0n) is 6.07. The monoisotopic (exact) mass is 240 g/mol.